The van der Waals surface area contributed by atoms with Crippen LogP contribution >= 0.6 is 27.3 Å². The van der Waals surface area contributed by atoms with Crippen molar-refractivity contribution in [2.75, 3.05) is 5.32 Å². The number of thiophene rings is 1. The highest BCUT2D eigenvalue weighted by molar-refractivity contribution is 9.10. The normalized spacial score (nSPS) is 13.2. The molecule has 144 valence electrons. The number of fused-ring (bicyclic) bond motifs is 1. The number of aryl methyl sites for hydroxylation is 2. The average molecular weight is 459 g/mol. The van der Waals surface area contributed by atoms with Gasteiger partial charge in [-0.3, -0.25) is 9.48 Å². The van der Waals surface area contributed by atoms with Gasteiger partial charge in [-0.15, -0.1) is 11.3 Å². The first kappa shape index (κ1) is 18.9. The molecule has 9 heteroatoms. The predicted molar refractivity (Wildman–Crippen MR) is 111 cm³/mol. The summed E-state index contributed by atoms with van der Waals surface area (Å²) in [4.78, 5) is 13.9. The second-order valence-corrected chi connectivity index (χ2v) is 8.75. The zero-order valence-electron chi connectivity index (χ0n) is 15.6. The van der Waals surface area contributed by atoms with E-state index in [2.05, 4.69) is 37.5 Å². The minimum Gasteiger partial charge on any atom is -0.311 e. The Kier molecular flexibility index (Phi) is 5.08. The van der Waals surface area contributed by atoms with Crippen molar-refractivity contribution in [2.45, 2.75) is 46.2 Å². The van der Waals surface area contributed by atoms with Crippen LogP contribution < -0.4 is 5.32 Å². The van der Waals surface area contributed by atoms with Crippen LogP contribution in [0, 0.1) is 25.2 Å². The summed E-state index contributed by atoms with van der Waals surface area (Å²) in [6, 6.07) is 3.94. The van der Waals surface area contributed by atoms with E-state index in [9.17, 15) is 10.1 Å². The molecule has 1 aliphatic carbocycles. The van der Waals surface area contributed by atoms with Gasteiger partial charge in [-0.1, -0.05) is 0 Å². The molecule has 7 nitrogen and oxygen atoms in total. The Morgan fingerprint density at radius 2 is 2.14 bits per heavy atom. The number of nitrogens with one attached hydrogen (secondary N) is 1. The molecule has 0 aromatic carbocycles. The van der Waals surface area contributed by atoms with Crippen molar-refractivity contribution < 1.29 is 4.79 Å². The highest BCUT2D eigenvalue weighted by Gasteiger charge is 2.22. The lowest BCUT2D eigenvalue weighted by Crippen LogP contribution is -2.15. The lowest BCUT2D eigenvalue weighted by Gasteiger charge is -2.09. The fourth-order valence-corrected chi connectivity index (χ4v) is 4.97. The number of carbonyl (C=O) groups is 1. The molecule has 0 spiro atoms. The number of carbonyl (C=O) groups excluding carboxylic acids is 1. The van der Waals surface area contributed by atoms with Gasteiger partial charge < -0.3 is 5.32 Å². The second-order valence-electron chi connectivity index (χ2n) is 6.85. The fourth-order valence-electron chi connectivity index (χ4n) is 3.45. The van der Waals surface area contributed by atoms with Gasteiger partial charge in [0.15, 0.2) is 5.69 Å². The van der Waals surface area contributed by atoms with Crippen LogP contribution in [0.15, 0.2) is 16.7 Å². The summed E-state index contributed by atoms with van der Waals surface area (Å²) in [7, 11) is 0. The van der Waals surface area contributed by atoms with Gasteiger partial charge in [0.2, 0.25) is 0 Å². The van der Waals surface area contributed by atoms with E-state index in [0.717, 1.165) is 47.1 Å². The Labute approximate surface area is 175 Å². The molecule has 0 unspecified atom stereocenters. The van der Waals surface area contributed by atoms with E-state index in [-0.39, 0.29) is 5.91 Å². The molecule has 1 N–H and O–H groups in total. The number of nitriles is 1. The van der Waals surface area contributed by atoms with Crippen molar-refractivity contribution in [3.63, 3.8) is 0 Å². The van der Waals surface area contributed by atoms with Crippen molar-refractivity contribution in [3.8, 4) is 6.07 Å². The van der Waals surface area contributed by atoms with Crippen LogP contribution in [0.25, 0.3) is 0 Å². The predicted octanol–water partition coefficient (Wildman–Crippen LogP) is 4.03. The van der Waals surface area contributed by atoms with Crippen molar-refractivity contribution in [3.05, 3.63) is 49.8 Å². The largest absolute Gasteiger partial charge is 0.311 e. The summed E-state index contributed by atoms with van der Waals surface area (Å²) in [5, 5.41) is 21.9. The minimum atomic E-state index is -0.302. The van der Waals surface area contributed by atoms with E-state index < -0.39 is 0 Å². The molecule has 3 aromatic rings. The molecule has 0 radical (unpaired) electrons. The number of halogens is 1. The summed E-state index contributed by atoms with van der Waals surface area (Å²) in [6.45, 7) is 4.33. The maximum absolute atomic E-state index is 12.7. The molecule has 0 saturated heterocycles. The molecule has 3 heterocycles. The molecule has 0 atom stereocenters. The lowest BCUT2D eigenvalue weighted by atomic mass is 9.96. The number of amides is 1. The number of hydrogen-bond donors (Lipinski definition) is 1. The van der Waals surface area contributed by atoms with Gasteiger partial charge in [-0.05, 0) is 67.1 Å². The van der Waals surface area contributed by atoms with E-state index in [0.29, 0.717) is 22.9 Å². The maximum atomic E-state index is 12.7. The summed E-state index contributed by atoms with van der Waals surface area (Å²) < 4.78 is 4.48. The third-order valence-electron chi connectivity index (χ3n) is 4.96. The van der Waals surface area contributed by atoms with Gasteiger partial charge in [0.25, 0.3) is 5.91 Å². The number of aromatic nitrogens is 4. The highest BCUT2D eigenvalue weighted by atomic mass is 79.9. The summed E-state index contributed by atoms with van der Waals surface area (Å²) in [6.07, 6.45) is 5.88. The van der Waals surface area contributed by atoms with Crippen LogP contribution in [-0.2, 0) is 19.5 Å². The van der Waals surface area contributed by atoms with Gasteiger partial charge >= 0.3 is 0 Å². The molecule has 0 bridgehead atoms. The molecule has 1 aliphatic rings. The molecular weight excluding hydrogens is 440 g/mol. The van der Waals surface area contributed by atoms with E-state index in [1.54, 1.807) is 16.9 Å². The standard InChI is InChI=1S/C19H19BrN6OS/c1-11-17(20)12(2)26(23-11)10-25-8-7-15(24-25)18(27)22-19-14(9-21)13-5-3-4-6-16(13)28-19/h7-8H,3-6,10H2,1-2H3,(H,22,27). The topological polar surface area (TPSA) is 88.5 Å². The second kappa shape index (κ2) is 7.53. The van der Waals surface area contributed by atoms with Crippen molar-refractivity contribution in [2.24, 2.45) is 0 Å². The number of anilines is 1. The van der Waals surface area contributed by atoms with Crippen LogP contribution in [0.5, 0.6) is 0 Å². The summed E-state index contributed by atoms with van der Waals surface area (Å²) in [5.74, 6) is -0.302. The highest BCUT2D eigenvalue weighted by Crippen LogP contribution is 2.37. The molecular formula is C19H19BrN6OS. The molecule has 0 saturated carbocycles. The van der Waals surface area contributed by atoms with Gasteiger partial charge in [0.05, 0.1) is 21.4 Å². The van der Waals surface area contributed by atoms with Crippen LogP contribution in [0.4, 0.5) is 5.00 Å². The van der Waals surface area contributed by atoms with Crippen molar-refractivity contribution in [1.82, 2.24) is 19.6 Å². The van der Waals surface area contributed by atoms with Crippen LogP contribution in [0.1, 0.15) is 50.7 Å². The fraction of sp³-hybridized carbons (Fsp3) is 0.368. The minimum absolute atomic E-state index is 0.302. The molecule has 0 aliphatic heterocycles. The van der Waals surface area contributed by atoms with Gasteiger partial charge in [0, 0.05) is 11.1 Å². The summed E-state index contributed by atoms with van der Waals surface area (Å²) in [5.41, 5.74) is 3.95. The SMILES string of the molecule is Cc1nn(Cn2ccc(C(=O)Nc3sc4c(c3C#N)CCCC4)n2)c(C)c1Br. The molecule has 0 fully saturated rings. The maximum Gasteiger partial charge on any atom is 0.276 e. The first-order valence-electron chi connectivity index (χ1n) is 9.07. The van der Waals surface area contributed by atoms with Crippen LogP contribution in [0.2, 0.25) is 0 Å². The van der Waals surface area contributed by atoms with Gasteiger partial charge in [-0.2, -0.15) is 15.5 Å². The molecule has 4 rings (SSSR count). The third kappa shape index (κ3) is 3.38. The summed E-state index contributed by atoms with van der Waals surface area (Å²) >= 11 is 5.03. The Morgan fingerprint density at radius 3 is 2.86 bits per heavy atom. The van der Waals surface area contributed by atoms with Crippen LogP contribution in [-0.4, -0.2) is 25.5 Å². The average Bonchev–Trinajstić information content (AvgIpc) is 3.35. The van der Waals surface area contributed by atoms with E-state index in [1.807, 2.05) is 18.5 Å². The smallest absolute Gasteiger partial charge is 0.276 e. The zero-order valence-corrected chi connectivity index (χ0v) is 18.0. The Hall–Kier alpha value is -2.44. The van der Waals surface area contributed by atoms with E-state index >= 15 is 0 Å². The Morgan fingerprint density at radius 1 is 1.36 bits per heavy atom. The number of rotatable bonds is 4. The molecule has 28 heavy (non-hydrogen) atoms. The van der Waals surface area contributed by atoms with Gasteiger partial charge in [0.1, 0.15) is 17.7 Å². The third-order valence-corrected chi connectivity index (χ3v) is 7.31. The van der Waals surface area contributed by atoms with Gasteiger partial charge in [-0.25, -0.2) is 4.68 Å². The number of nitrogens with zero attached hydrogens (tertiary/aromatic N) is 5. The van der Waals surface area contributed by atoms with Crippen LogP contribution in [0.3, 0.4) is 0 Å². The first-order chi connectivity index (χ1) is 13.5. The molecule has 3 aromatic heterocycles. The Balaban J connectivity index is 1.52. The quantitative estimate of drug-likeness (QED) is 0.638. The van der Waals surface area contributed by atoms with E-state index in [1.165, 1.54) is 16.2 Å². The van der Waals surface area contributed by atoms with Crippen molar-refractivity contribution in [1.29, 1.82) is 5.26 Å². The number of hydrogen-bond acceptors (Lipinski definition) is 5. The molecule has 1 amide bonds. The van der Waals surface area contributed by atoms with E-state index in [4.69, 9.17) is 0 Å². The monoisotopic (exact) mass is 458 g/mol. The lowest BCUT2D eigenvalue weighted by molar-refractivity contribution is 0.102. The zero-order chi connectivity index (χ0) is 19.8. The Bertz CT molecular complexity index is 1100. The first-order valence-corrected chi connectivity index (χ1v) is 10.7. The van der Waals surface area contributed by atoms with Crippen molar-refractivity contribution >= 4 is 38.2 Å².